The molecule has 28 heavy (non-hydrogen) atoms. The van der Waals surface area contributed by atoms with E-state index in [0.717, 1.165) is 16.9 Å². The second kappa shape index (κ2) is 10.5. The largest absolute Gasteiger partial charge is 0.493 e. The second-order valence-electron chi connectivity index (χ2n) is 5.70. The minimum atomic E-state index is -0.436. The van der Waals surface area contributed by atoms with Crippen LogP contribution in [0.15, 0.2) is 30.3 Å². The van der Waals surface area contributed by atoms with E-state index in [4.69, 9.17) is 14.2 Å². The Balaban J connectivity index is 2.14. The Morgan fingerprint density at radius 3 is 2.54 bits per heavy atom. The molecule has 0 spiro atoms. The van der Waals surface area contributed by atoms with Crippen LogP contribution in [0.25, 0.3) is 6.08 Å². The fourth-order valence-corrected chi connectivity index (χ4v) is 3.44. The van der Waals surface area contributed by atoms with Crippen molar-refractivity contribution in [1.82, 2.24) is 0 Å². The molecule has 7 heteroatoms. The number of hydrogen-bond acceptors (Lipinski definition) is 6. The summed E-state index contributed by atoms with van der Waals surface area (Å²) in [5.41, 5.74) is 1.18. The smallest absolute Gasteiger partial charge is 0.341 e. The average molecular weight is 404 g/mol. The van der Waals surface area contributed by atoms with E-state index in [1.165, 1.54) is 17.4 Å². The van der Waals surface area contributed by atoms with Crippen LogP contribution in [0.5, 0.6) is 11.5 Å². The number of rotatable bonds is 9. The van der Waals surface area contributed by atoms with Crippen LogP contribution in [0.1, 0.15) is 41.6 Å². The summed E-state index contributed by atoms with van der Waals surface area (Å²) in [7, 11) is 1.57. The molecule has 0 saturated heterocycles. The molecule has 0 aliphatic heterocycles. The lowest BCUT2D eigenvalue weighted by atomic mass is 10.2. The van der Waals surface area contributed by atoms with Crippen molar-refractivity contribution in [3.05, 3.63) is 46.3 Å². The number of thiophene rings is 1. The van der Waals surface area contributed by atoms with Gasteiger partial charge in [0.05, 0.1) is 25.9 Å². The summed E-state index contributed by atoms with van der Waals surface area (Å²) in [6, 6.07) is 7.19. The molecule has 0 saturated carbocycles. The normalized spacial score (nSPS) is 10.7. The Labute approximate surface area is 169 Å². The third-order valence-electron chi connectivity index (χ3n) is 3.78. The molecule has 2 rings (SSSR count). The number of amides is 1. The van der Waals surface area contributed by atoms with Gasteiger partial charge in [-0.15, -0.1) is 11.3 Å². The number of carbonyl (C=O) groups is 2. The predicted molar refractivity (Wildman–Crippen MR) is 111 cm³/mol. The van der Waals surface area contributed by atoms with E-state index >= 15 is 0 Å². The molecule has 1 N–H and O–H groups in total. The average Bonchev–Trinajstić information content (AvgIpc) is 3.10. The number of hydrogen-bond donors (Lipinski definition) is 1. The van der Waals surface area contributed by atoms with Crippen molar-refractivity contribution in [2.45, 2.75) is 27.2 Å². The molecule has 1 amide bonds. The minimum absolute atomic E-state index is 0.281. The van der Waals surface area contributed by atoms with Crippen molar-refractivity contribution in [2.24, 2.45) is 0 Å². The van der Waals surface area contributed by atoms with Gasteiger partial charge in [-0.3, -0.25) is 4.79 Å². The first kappa shape index (κ1) is 21.5. The molecule has 1 aromatic carbocycles. The molecular weight excluding hydrogens is 378 g/mol. The van der Waals surface area contributed by atoms with Crippen LogP contribution in [0.4, 0.5) is 5.00 Å². The van der Waals surface area contributed by atoms with Crippen LogP contribution in [-0.4, -0.2) is 32.2 Å². The SMILES string of the molecule is CCOC(=O)c1cc(CC)sc1NC(=O)/C=C/c1ccc(OCC)c(OC)c1. The Bertz CT molecular complexity index is 856. The lowest BCUT2D eigenvalue weighted by molar-refractivity contribution is -0.111. The fraction of sp³-hybridized carbons (Fsp3) is 0.333. The van der Waals surface area contributed by atoms with Crippen LogP contribution in [0.2, 0.25) is 0 Å². The number of esters is 1. The van der Waals surface area contributed by atoms with E-state index in [9.17, 15) is 9.59 Å². The first-order valence-corrected chi connectivity index (χ1v) is 9.93. The van der Waals surface area contributed by atoms with Gasteiger partial charge in [0.1, 0.15) is 5.00 Å². The highest BCUT2D eigenvalue weighted by Crippen LogP contribution is 2.30. The monoisotopic (exact) mass is 403 g/mol. The van der Waals surface area contributed by atoms with Crippen molar-refractivity contribution in [3.63, 3.8) is 0 Å². The maximum Gasteiger partial charge on any atom is 0.341 e. The third-order valence-corrected chi connectivity index (χ3v) is 4.97. The Hall–Kier alpha value is -2.80. The summed E-state index contributed by atoms with van der Waals surface area (Å²) < 4.78 is 15.9. The van der Waals surface area contributed by atoms with Gasteiger partial charge in [-0.1, -0.05) is 13.0 Å². The molecule has 150 valence electrons. The van der Waals surface area contributed by atoms with Gasteiger partial charge >= 0.3 is 5.97 Å². The number of carbonyl (C=O) groups excluding carboxylic acids is 2. The molecular formula is C21H25NO5S. The minimum Gasteiger partial charge on any atom is -0.493 e. The van der Waals surface area contributed by atoms with Gasteiger partial charge < -0.3 is 19.5 Å². The molecule has 2 aromatic rings. The Morgan fingerprint density at radius 1 is 1.11 bits per heavy atom. The van der Waals surface area contributed by atoms with Crippen LogP contribution >= 0.6 is 11.3 Å². The summed E-state index contributed by atoms with van der Waals surface area (Å²) in [5.74, 6) is 0.480. The highest BCUT2D eigenvalue weighted by Gasteiger charge is 2.18. The van der Waals surface area contributed by atoms with Gasteiger partial charge in [0, 0.05) is 11.0 Å². The van der Waals surface area contributed by atoms with Gasteiger partial charge in [0.25, 0.3) is 0 Å². The molecule has 0 aliphatic carbocycles. The molecule has 0 atom stereocenters. The standard InChI is InChI=1S/C21H25NO5S/c1-5-15-13-16(21(24)27-7-3)20(28-15)22-19(23)11-9-14-8-10-17(26-6-2)18(12-14)25-4/h8-13H,5-7H2,1-4H3,(H,22,23)/b11-9+. The van der Waals surface area contributed by atoms with Gasteiger partial charge in [-0.05, 0) is 50.1 Å². The zero-order chi connectivity index (χ0) is 20.5. The van der Waals surface area contributed by atoms with Crippen molar-refractivity contribution in [2.75, 3.05) is 25.6 Å². The van der Waals surface area contributed by atoms with Crippen molar-refractivity contribution in [3.8, 4) is 11.5 Å². The summed E-state index contributed by atoms with van der Waals surface area (Å²) in [6.45, 7) is 6.46. The molecule has 0 radical (unpaired) electrons. The maximum atomic E-state index is 12.3. The molecule has 1 aromatic heterocycles. The molecule has 1 heterocycles. The zero-order valence-corrected chi connectivity index (χ0v) is 17.4. The second-order valence-corrected chi connectivity index (χ2v) is 6.83. The molecule has 6 nitrogen and oxygen atoms in total. The van der Waals surface area contributed by atoms with Crippen LogP contribution in [-0.2, 0) is 16.0 Å². The fourth-order valence-electron chi connectivity index (χ4n) is 2.46. The molecule has 0 aliphatic rings. The van der Waals surface area contributed by atoms with E-state index in [1.54, 1.807) is 38.3 Å². The number of ether oxygens (including phenoxy) is 3. The van der Waals surface area contributed by atoms with E-state index < -0.39 is 5.97 Å². The van der Waals surface area contributed by atoms with E-state index in [2.05, 4.69) is 5.32 Å². The topological polar surface area (TPSA) is 73.9 Å². The first-order chi connectivity index (χ1) is 13.5. The van der Waals surface area contributed by atoms with Crippen LogP contribution < -0.4 is 14.8 Å². The summed E-state index contributed by atoms with van der Waals surface area (Å²) in [4.78, 5) is 25.4. The number of aryl methyl sites for hydroxylation is 1. The highest BCUT2D eigenvalue weighted by molar-refractivity contribution is 7.16. The maximum absolute atomic E-state index is 12.3. The third kappa shape index (κ3) is 5.60. The van der Waals surface area contributed by atoms with Crippen LogP contribution in [0, 0.1) is 0 Å². The molecule has 0 bridgehead atoms. The Kier molecular flexibility index (Phi) is 8.07. The van der Waals surface area contributed by atoms with E-state index in [0.29, 0.717) is 28.7 Å². The van der Waals surface area contributed by atoms with Gasteiger partial charge in [0.15, 0.2) is 11.5 Å². The van der Waals surface area contributed by atoms with E-state index in [-0.39, 0.29) is 12.5 Å². The Morgan fingerprint density at radius 2 is 1.89 bits per heavy atom. The van der Waals surface area contributed by atoms with Crippen molar-refractivity contribution in [1.29, 1.82) is 0 Å². The lowest BCUT2D eigenvalue weighted by Crippen LogP contribution is -2.11. The molecule has 0 unspecified atom stereocenters. The van der Waals surface area contributed by atoms with Gasteiger partial charge in [-0.2, -0.15) is 0 Å². The number of nitrogens with one attached hydrogen (secondary N) is 1. The number of benzene rings is 1. The number of methoxy groups -OCH3 is 1. The zero-order valence-electron chi connectivity index (χ0n) is 16.5. The van der Waals surface area contributed by atoms with Crippen molar-refractivity contribution < 1.29 is 23.8 Å². The van der Waals surface area contributed by atoms with Crippen LogP contribution in [0.3, 0.4) is 0 Å². The van der Waals surface area contributed by atoms with E-state index in [1.807, 2.05) is 19.9 Å². The van der Waals surface area contributed by atoms with Crippen molar-refractivity contribution >= 4 is 34.3 Å². The summed E-state index contributed by atoms with van der Waals surface area (Å²) in [6.07, 6.45) is 3.86. The first-order valence-electron chi connectivity index (χ1n) is 9.12. The van der Waals surface area contributed by atoms with Gasteiger partial charge in [0.2, 0.25) is 5.91 Å². The summed E-state index contributed by atoms with van der Waals surface area (Å²) in [5, 5.41) is 3.27. The number of anilines is 1. The van der Waals surface area contributed by atoms with Gasteiger partial charge in [-0.25, -0.2) is 4.79 Å². The highest BCUT2D eigenvalue weighted by atomic mass is 32.1. The quantitative estimate of drug-likeness (QED) is 0.491. The summed E-state index contributed by atoms with van der Waals surface area (Å²) >= 11 is 1.37. The molecule has 0 fully saturated rings. The predicted octanol–water partition coefficient (Wildman–Crippen LogP) is 4.55. The lowest BCUT2D eigenvalue weighted by Gasteiger charge is -2.09.